The fraction of sp³-hybridized carbons (Fsp3) is 0.600. The molecule has 0 aliphatic heterocycles. The molecule has 1 saturated carbocycles. The van der Waals surface area contributed by atoms with Crippen molar-refractivity contribution in [2.24, 2.45) is 5.92 Å². The van der Waals surface area contributed by atoms with Gasteiger partial charge in [-0.3, -0.25) is 0 Å². The molecular formula is C15H20ClFO3S. The molecule has 0 spiro atoms. The van der Waals surface area contributed by atoms with Crippen LogP contribution in [0.25, 0.3) is 0 Å². The standard InChI is InChI=1S/C15H20ClFO3S/c1-21(19,20)11-5-2-4-10(8-11)15(18)9-12-13(16)6-3-7-14(12)17/h3,6-7,10-11,15,18H,2,4-5,8-9H2,1H3. The van der Waals surface area contributed by atoms with Gasteiger partial charge in [0.15, 0.2) is 0 Å². The van der Waals surface area contributed by atoms with Crippen molar-refractivity contribution >= 4 is 21.4 Å². The van der Waals surface area contributed by atoms with Crippen LogP contribution in [-0.4, -0.2) is 31.1 Å². The summed E-state index contributed by atoms with van der Waals surface area (Å²) in [6, 6.07) is 4.43. The van der Waals surface area contributed by atoms with E-state index in [1.807, 2.05) is 0 Å². The first-order valence-electron chi connectivity index (χ1n) is 7.09. The average molecular weight is 335 g/mol. The first-order valence-corrected chi connectivity index (χ1v) is 9.42. The van der Waals surface area contributed by atoms with Crippen LogP contribution < -0.4 is 0 Å². The largest absolute Gasteiger partial charge is 0.392 e. The lowest BCUT2D eigenvalue weighted by atomic mass is 9.83. The fourth-order valence-corrected chi connectivity index (χ4v) is 4.45. The number of halogens is 2. The molecule has 21 heavy (non-hydrogen) atoms. The summed E-state index contributed by atoms with van der Waals surface area (Å²) in [6.07, 6.45) is 3.19. The third kappa shape index (κ3) is 4.18. The Balaban J connectivity index is 2.08. The smallest absolute Gasteiger partial charge is 0.150 e. The molecular weight excluding hydrogens is 315 g/mol. The molecule has 1 fully saturated rings. The molecule has 3 atom stereocenters. The van der Waals surface area contributed by atoms with Crippen LogP contribution in [0.1, 0.15) is 31.2 Å². The first-order chi connectivity index (χ1) is 9.79. The van der Waals surface area contributed by atoms with Gasteiger partial charge in [0.2, 0.25) is 0 Å². The van der Waals surface area contributed by atoms with Gasteiger partial charge in [0.25, 0.3) is 0 Å². The van der Waals surface area contributed by atoms with E-state index in [0.717, 1.165) is 12.8 Å². The van der Waals surface area contributed by atoms with Crippen LogP contribution in [0.15, 0.2) is 18.2 Å². The zero-order valence-corrected chi connectivity index (χ0v) is 13.5. The van der Waals surface area contributed by atoms with Crippen molar-refractivity contribution < 1.29 is 17.9 Å². The second-order valence-electron chi connectivity index (χ2n) is 5.85. The van der Waals surface area contributed by atoms with Crippen molar-refractivity contribution in [3.05, 3.63) is 34.6 Å². The molecule has 1 aliphatic rings. The zero-order valence-electron chi connectivity index (χ0n) is 11.9. The number of hydrogen-bond donors (Lipinski definition) is 1. The quantitative estimate of drug-likeness (QED) is 0.921. The molecule has 1 aromatic rings. The summed E-state index contributed by atoms with van der Waals surface area (Å²) >= 11 is 5.97. The molecule has 3 unspecified atom stereocenters. The molecule has 0 radical (unpaired) electrons. The molecule has 3 nitrogen and oxygen atoms in total. The van der Waals surface area contributed by atoms with Gasteiger partial charge >= 0.3 is 0 Å². The van der Waals surface area contributed by atoms with E-state index in [0.29, 0.717) is 23.4 Å². The van der Waals surface area contributed by atoms with Crippen molar-refractivity contribution in [3.63, 3.8) is 0 Å². The molecule has 0 aromatic heterocycles. The van der Waals surface area contributed by atoms with Crippen LogP contribution in [0, 0.1) is 11.7 Å². The van der Waals surface area contributed by atoms with Gasteiger partial charge < -0.3 is 5.11 Å². The number of hydrogen-bond acceptors (Lipinski definition) is 3. The van der Waals surface area contributed by atoms with Crippen molar-refractivity contribution in [3.8, 4) is 0 Å². The van der Waals surface area contributed by atoms with E-state index in [1.54, 1.807) is 6.07 Å². The Labute approximate surface area is 130 Å². The van der Waals surface area contributed by atoms with Crippen LogP contribution in [0.4, 0.5) is 4.39 Å². The maximum absolute atomic E-state index is 13.8. The lowest BCUT2D eigenvalue weighted by Crippen LogP contribution is -2.34. The van der Waals surface area contributed by atoms with Crippen molar-refractivity contribution in [2.45, 2.75) is 43.5 Å². The van der Waals surface area contributed by atoms with Crippen LogP contribution in [0.3, 0.4) is 0 Å². The SMILES string of the molecule is CS(=O)(=O)C1CCCC(C(O)Cc2c(F)cccc2Cl)C1. The highest BCUT2D eigenvalue weighted by molar-refractivity contribution is 7.91. The van der Waals surface area contributed by atoms with Gasteiger partial charge in [-0.2, -0.15) is 0 Å². The fourth-order valence-electron chi connectivity index (χ4n) is 3.02. The number of sulfone groups is 1. The Morgan fingerprint density at radius 1 is 1.43 bits per heavy atom. The average Bonchev–Trinajstić information content (AvgIpc) is 2.42. The highest BCUT2D eigenvalue weighted by Crippen LogP contribution is 2.33. The van der Waals surface area contributed by atoms with E-state index in [4.69, 9.17) is 11.6 Å². The predicted molar refractivity (Wildman–Crippen MR) is 81.7 cm³/mol. The van der Waals surface area contributed by atoms with Crippen LogP contribution >= 0.6 is 11.6 Å². The van der Waals surface area contributed by atoms with Crippen LogP contribution in [-0.2, 0) is 16.3 Å². The highest BCUT2D eigenvalue weighted by Gasteiger charge is 2.32. The van der Waals surface area contributed by atoms with E-state index in [-0.39, 0.29) is 12.3 Å². The molecule has 118 valence electrons. The topological polar surface area (TPSA) is 54.4 Å². The van der Waals surface area contributed by atoms with Gasteiger partial charge in [-0.05, 0) is 37.3 Å². The lowest BCUT2D eigenvalue weighted by molar-refractivity contribution is 0.0852. The summed E-state index contributed by atoms with van der Waals surface area (Å²) in [5.74, 6) is -0.564. The number of rotatable bonds is 4. The first kappa shape index (κ1) is 16.7. The molecule has 1 N–H and O–H groups in total. The van der Waals surface area contributed by atoms with Gasteiger partial charge in [0.05, 0.1) is 11.4 Å². The highest BCUT2D eigenvalue weighted by atomic mass is 35.5. The Hall–Kier alpha value is -0.650. The van der Waals surface area contributed by atoms with Crippen molar-refractivity contribution in [2.75, 3.05) is 6.26 Å². The number of aliphatic hydroxyl groups excluding tert-OH is 1. The van der Waals surface area contributed by atoms with Crippen LogP contribution in [0.5, 0.6) is 0 Å². The minimum atomic E-state index is -3.09. The van der Waals surface area contributed by atoms with Crippen molar-refractivity contribution in [1.82, 2.24) is 0 Å². The second-order valence-corrected chi connectivity index (χ2v) is 8.58. The molecule has 0 amide bonds. The maximum atomic E-state index is 13.8. The minimum absolute atomic E-state index is 0.118. The molecule has 0 saturated heterocycles. The Morgan fingerprint density at radius 3 is 2.76 bits per heavy atom. The number of aliphatic hydroxyl groups is 1. The predicted octanol–water partition coefficient (Wildman–Crippen LogP) is 2.99. The van der Waals surface area contributed by atoms with E-state index >= 15 is 0 Å². The van der Waals surface area contributed by atoms with E-state index in [1.165, 1.54) is 18.4 Å². The molecule has 2 rings (SSSR count). The Kier molecular flexibility index (Phi) is 5.28. The molecule has 1 aromatic carbocycles. The zero-order chi connectivity index (χ0) is 15.6. The Morgan fingerprint density at radius 2 is 2.14 bits per heavy atom. The van der Waals surface area contributed by atoms with Gasteiger partial charge in [-0.25, -0.2) is 12.8 Å². The molecule has 0 bridgehead atoms. The van der Waals surface area contributed by atoms with Gasteiger partial charge in [-0.15, -0.1) is 0 Å². The molecule has 6 heteroatoms. The molecule has 0 heterocycles. The monoisotopic (exact) mass is 334 g/mol. The summed E-state index contributed by atoms with van der Waals surface area (Å²) < 4.78 is 37.1. The second kappa shape index (κ2) is 6.63. The van der Waals surface area contributed by atoms with E-state index < -0.39 is 27.0 Å². The third-order valence-corrected chi connectivity index (χ3v) is 6.28. The third-order valence-electron chi connectivity index (χ3n) is 4.29. The van der Waals surface area contributed by atoms with Gasteiger partial charge in [0.1, 0.15) is 15.7 Å². The normalized spacial score (nSPS) is 24.8. The van der Waals surface area contributed by atoms with Gasteiger partial charge in [0, 0.05) is 23.3 Å². The van der Waals surface area contributed by atoms with Crippen molar-refractivity contribution in [1.29, 1.82) is 0 Å². The Bertz CT molecular complexity index is 583. The number of benzene rings is 1. The maximum Gasteiger partial charge on any atom is 0.150 e. The summed E-state index contributed by atoms with van der Waals surface area (Å²) in [5, 5.41) is 10.2. The van der Waals surface area contributed by atoms with E-state index in [9.17, 15) is 17.9 Å². The lowest BCUT2D eigenvalue weighted by Gasteiger charge is -2.31. The summed E-state index contributed by atoms with van der Waals surface area (Å²) in [5.41, 5.74) is 0.299. The summed E-state index contributed by atoms with van der Waals surface area (Å²) in [7, 11) is -3.09. The van der Waals surface area contributed by atoms with Gasteiger partial charge in [-0.1, -0.05) is 24.1 Å². The summed E-state index contributed by atoms with van der Waals surface area (Å²) in [6.45, 7) is 0. The minimum Gasteiger partial charge on any atom is -0.392 e. The van der Waals surface area contributed by atoms with Crippen LogP contribution in [0.2, 0.25) is 5.02 Å². The van der Waals surface area contributed by atoms with E-state index in [2.05, 4.69) is 0 Å². The molecule has 1 aliphatic carbocycles. The summed E-state index contributed by atoms with van der Waals surface area (Å²) in [4.78, 5) is 0.